The number of nitrogens with two attached hydrogens (primary N) is 1. The number of rotatable bonds is 5. The molecular weight excluding hydrogens is 477 g/mol. The van der Waals surface area contributed by atoms with Gasteiger partial charge in [0, 0.05) is 49.3 Å². The Morgan fingerprint density at radius 2 is 1.94 bits per heavy atom. The van der Waals surface area contributed by atoms with Gasteiger partial charge in [-0.1, -0.05) is 0 Å². The second-order valence-electron chi connectivity index (χ2n) is 9.03. The van der Waals surface area contributed by atoms with Crippen molar-refractivity contribution < 1.29 is 18.3 Å². The summed E-state index contributed by atoms with van der Waals surface area (Å²) in [5.74, 6) is 1.38. The number of hydrogen-bond acceptors (Lipinski definition) is 8. The number of ether oxygens (including phenoxy) is 2. The number of nitrogen functional groups attached to an aromatic ring is 1. The van der Waals surface area contributed by atoms with Crippen molar-refractivity contribution >= 4 is 40.8 Å². The van der Waals surface area contributed by atoms with Gasteiger partial charge in [0.2, 0.25) is 5.95 Å². The van der Waals surface area contributed by atoms with Gasteiger partial charge in [0.15, 0.2) is 11.6 Å². The van der Waals surface area contributed by atoms with E-state index < -0.39 is 10.9 Å². The second-order valence-corrected chi connectivity index (χ2v) is 10.5. The molecule has 1 saturated carbocycles. The Morgan fingerprint density at radius 3 is 2.58 bits per heavy atom. The third kappa shape index (κ3) is 3.72. The zero-order valence-corrected chi connectivity index (χ0v) is 19.0. The van der Waals surface area contributed by atoms with E-state index in [1.54, 1.807) is 0 Å². The minimum atomic E-state index is -3.01. The molecule has 6 heterocycles. The summed E-state index contributed by atoms with van der Waals surface area (Å²) in [6, 6.07) is 3.52. The van der Waals surface area contributed by atoms with Crippen LogP contribution in [0.3, 0.4) is 0 Å². The summed E-state index contributed by atoms with van der Waals surface area (Å²) in [6.45, 7) is -0.278. The average Bonchev–Trinajstić information content (AvgIpc) is 3.14. The van der Waals surface area contributed by atoms with Crippen LogP contribution in [0.5, 0.6) is 5.75 Å². The normalized spacial score (nSPS) is 29.5. The molecular formula is C21H22Cl2F2N6O2. The molecule has 4 aliphatic heterocycles. The zero-order chi connectivity index (χ0) is 22.9. The Balaban J connectivity index is 1.38. The lowest BCUT2D eigenvalue weighted by molar-refractivity contribution is -0.0494. The van der Waals surface area contributed by atoms with Crippen molar-refractivity contribution in [3.8, 4) is 17.0 Å². The predicted octanol–water partition coefficient (Wildman–Crippen LogP) is 3.33. The van der Waals surface area contributed by atoms with Gasteiger partial charge in [-0.25, -0.2) is 9.97 Å². The maximum absolute atomic E-state index is 12.8. The van der Waals surface area contributed by atoms with Gasteiger partial charge in [-0.15, -0.1) is 23.2 Å². The Hall–Kier alpha value is -2.17. The first kappa shape index (κ1) is 21.4. The van der Waals surface area contributed by atoms with Crippen LogP contribution in [0.25, 0.3) is 11.3 Å². The van der Waals surface area contributed by atoms with E-state index in [1.807, 2.05) is 6.07 Å². The molecule has 2 aromatic heterocycles. The topological polar surface area (TPSA) is 89.6 Å². The lowest BCUT2D eigenvalue weighted by Gasteiger charge is -2.45. The number of piperidine rings is 2. The van der Waals surface area contributed by atoms with Crippen molar-refractivity contribution in [3.05, 3.63) is 18.3 Å². The fourth-order valence-corrected chi connectivity index (χ4v) is 5.90. The summed E-state index contributed by atoms with van der Waals surface area (Å²) in [6.07, 6.45) is 3.74. The minimum absolute atomic E-state index is 0.112. The molecule has 4 atom stereocenters. The summed E-state index contributed by atoms with van der Waals surface area (Å²) < 4.78 is 35.3. The zero-order valence-electron chi connectivity index (χ0n) is 17.5. The van der Waals surface area contributed by atoms with Crippen LogP contribution in [-0.4, -0.2) is 64.3 Å². The van der Waals surface area contributed by atoms with E-state index in [4.69, 9.17) is 43.6 Å². The van der Waals surface area contributed by atoms with Crippen LogP contribution in [-0.2, 0) is 4.74 Å². The molecule has 5 aliphatic rings. The molecule has 7 rings (SSSR count). The molecule has 2 aromatic rings. The number of pyridine rings is 1. The second kappa shape index (κ2) is 7.68. The monoisotopic (exact) mass is 498 g/mol. The fraction of sp³-hybridized carbons (Fsp3) is 0.571. The molecule has 0 amide bonds. The molecule has 0 spiro atoms. The maximum Gasteiger partial charge on any atom is 0.387 e. The van der Waals surface area contributed by atoms with Gasteiger partial charge < -0.3 is 25.0 Å². The Kier molecular flexibility index (Phi) is 4.97. The highest BCUT2D eigenvalue weighted by molar-refractivity contribution is 6.51. The lowest BCUT2D eigenvalue weighted by Crippen LogP contribution is -2.55. The summed E-state index contributed by atoms with van der Waals surface area (Å²) in [5.41, 5.74) is 6.78. The van der Waals surface area contributed by atoms with Crippen molar-refractivity contribution in [2.75, 3.05) is 41.8 Å². The standard InChI is InChI=1S/C21H22Cl2F2N6O2/c22-21(23)13-7-30(8-14(13)21)20-28-15(10-3-16(33-19(24)25)18(26)27-5-10)4-17(29-20)31-6-12-2-1-11(31)9-32-12/h3-5,11-14,19H,1-2,6-9H2,(H2,26,27)/t11-,12-,13?,14?/m0/s1. The first-order chi connectivity index (χ1) is 15.8. The third-order valence-corrected chi connectivity index (χ3v) is 8.18. The lowest BCUT2D eigenvalue weighted by atomic mass is 9.97. The highest BCUT2D eigenvalue weighted by atomic mass is 35.5. The van der Waals surface area contributed by atoms with Crippen molar-refractivity contribution in [2.45, 2.75) is 35.9 Å². The van der Waals surface area contributed by atoms with Crippen molar-refractivity contribution in [1.82, 2.24) is 15.0 Å². The van der Waals surface area contributed by atoms with Gasteiger partial charge in [-0.3, -0.25) is 0 Å². The van der Waals surface area contributed by atoms with Gasteiger partial charge in [0.1, 0.15) is 10.2 Å². The minimum Gasteiger partial charge on any atom is -0.431 e. The van der Waals surface area contributed by atoms with Crippen LogP contribution in [0.2, 0.25) is 0 Å². The van der Waals surface area contributed by atoms with E-state index in [9.17, 15) is 8.78 Å². The number of anilines is 3. The fourth-order valence-electron chi connectivity index (χ4n) is 5.15. The molecule has 12 heteroatoms. The predicted molar refractivity (Wildman–Crippen MR) is 120 cm³/mol. The number of morpholine rings is 1. The SMILES string of the molecule is Nc1ncc(-c2cc(N3C[C@@H]4CC[C@H]3CO4)nc(N3CC4C(C3)C4(Cl)Cl)n2)cc1OC(F)F. The molecule has 176 valence electrons. The van der Waals surface area contributed by atoms with Gasteiger partial charge in [0.25, 0.3) is 0 Å². The van der Waals surface area contributed by atoms with Crippen LogP contribution in [0.15, 0.2) is 18.3 Å². The number of fused-ring (bicyclic) bond motifs is 4. The Bertz CT molecular complexity index is 1070. The highest BCUT2D eigenvalue weighted by Gasteiger charge is 2.67. The average molecular weight is 499 g/mol. The van der Waals surface area contributed by atoms with Gasteiger partial charge in [-0.2, -0.15) is 13.8 Å². The van der Waals surface area contributed by atoms with Gasteiger partial charge >= 0.3 is 6.61 Å². The van der Waals surface area contributed by atoms with Gasteiger partial charge in [-0.05, 0) is 18.9 Å². The van der Waals surface area contributed by atoms with Crippen LogP contribution in [0, 0.1) is 11.8 Å². The summed E-state index contributed by atoms with van der Waals surface area (Å²) in [4.78, 5) is 18.0. The van der Waals surface area contributed by atoms with E-state index in [1.165, 1.54) is 12.3 Å². The van der Waals surface area contributed by atoms with Gasteiger partial charge in [0.05, 0.1) is 24.4 Å². The van der Waals surface area contributed by atoms with E-state index >= 15 is 0 Å². The molecule has 2 unspecified atom stereocenters. The molecule has 0 aromatic carbocycles. The van der Waals surface area contributed by atoms with E-state index in [0.29, 0.717) is 36.9 Å². The van der Waals surface area contributed by atoms with Crippen molar-refractivity contribution in [3.63, 3.8) is 0 Å². The highest BCUT2D eigenvalue weighted by Crippen LogP contribution is 2.62. The summed E-state index contributed by atoms with van der Waals surface area (Å²) in [5, 5.41) is 0. The molecule has 1 aliphatic carbocycles. The van der Waals surface area contributed by atoms with E-state index in [2.05, 4.69) is 19.5 Å². The molecule has 5 fully saturated rings. The molecule has 33 heavy (non-hydrogen) atoms. The third-order valence-electron chi connectivity index (χ3n) is 7.06. The first-order valence-corrected chi connectivity index (χ1v) is 11.7. The quantitative estimate of drug-likeness (QED) is 0.627. The number of alkyl halides is 4. The van der Waals surface area contributed by atoms with Crippen LogP contribution >= 0.6 is 23.2 Å². The maximum atomic E-state index is 12.8. The molecule has 4 saturated heterocycles. The Labute approximate surface area is 199 Å². The molecule has 2 bridgehead atoms. The Morgan fingerprint density at radius 1 is 1.15 bits per heavy atom. The first-order valence-electron chi connectivity index (χ1n) is 10.9. The number of aromatic nitrogens is 3. The summed E-state index contributed by atoms with van der Waals surface area (Å²) in [7, 11) is 0. The van der Waals surface area contributed by atoms with E-state index in [0.717, 1.165) is 25.2 Å². The van der Waals surface area contributed by atoms with Crippen molar-refractivity contribution in [2.24, 2.45) is 11.8 Å². The molecule has 2 N–H and O–H groups in total. The number of hydrogen-bond donors (Lipinski definition) is 1. The van der Waals surface area contributed by atoms with Crippen molar-refractivity contribution in [1.29, 1.82) is 0 Å². The largest absolute Gasteiger partial charge is 0.431 e. The van der Waals surface area contributed by atoms with Crippen LogP contribution < -0.4 is 20.3 Å². The molecule has 0 radical (unpaired) electrons. The van der Waals surface area contributed by atoms with Crippen LogP contribution in [0.4, 0.5) is 26.4 Å². The number of nitrogens with zero attached hydrogens (tertiary/aromatic N) is 5. The molecule has 8 nitrogen and oxygen atoms in total. The smallest absolute Gasteiger partial charge is 0.387 e. The number of halogens is 4. The summed E-state index contributed by atoms with van der Waals surface area (Å²) >= 11 is 12.7. The van der Waals surface area contributed by atoms with Crippen LogP contribution in [0.1, 0.15) is 12.8 Å². The van der Waals surface area contributed by atoms with E-state index in [-0.39, 0.29) is 35.5 Å².